The molecule has 1 aromatic carbocycles. The van der Waals surface area contributed by atoms with Crippen LogP contribution in [0, 0.1) is 0 Å². The summed E-state index contributed by atoms with van der Waals surface area (Å²) < 4.78 is 9.98. The first-order valence-corrected chi connectivity index (χ1v) is 5.21. The third kappa shape index (κ3) is 2.53. The van der Waals surface area contributed by atoms with Gasteiger partial charge in [-0.25, -0.2) is 4.79 Å². The van der Waals surface area contributed by atoms with E-state index in [1.807, 2.05) is 6.07 Å². The zero-order chi connectivity index (χ0) is 12.4. The molecule has 0 fully saturated rings. The van der Waals surface area contributed by atoms with Gasteiger partial charge in [-0.1, -0.05) is 12.6 Å². The van der Waals surface area contributed by atoms with Crippen molar-refractivity contribution in [2.45, 2.75) is 20.0 Å². The number of benzene rings is 1. The van der Waals surface area contributed by atoms with Gasteiger partial charge in [0.2, 0.25) is 0 Å². The minimum Gasteiger partial charge on any atom is -0.457 e. The number of ether oxygens (including phenoxy) is 2. The predicted octanol–water partition coefficient (Wildman–Crippen LogP) is 1.77. The van der Waals surface area contributed by atoms with Gasteiger partial charge in [0.25, 0.3) is 0 Å². The Bertz CT molecular complexity index is 502. The Balaban J connectivity index is 2.04. The molecule has 4 nitrogen and oxygen atoms in total. The number of carbonyl (C=O) groups excluding carboxylic acids is 2. The summed E-state index contributed by atoms with van der Waals surface area (Å²) in [4.78, 5) is 22.2. The molecule has 0 N–H and O–H groups in total. The minimum atomic E-state index is -0.419. The molecule has 88 valence electrons. The fraction of sp³-hybridized carbons (Fsp3) is 0.231. The van der Waals surface area contributed by atoms with E-state index in [1.165, 1.54) is 0 Å². The van der Waals surface area contributed by atoms with Gasteiger partial charge in [0.1, 0.15) is 12.4 Å². The summed E-state index contributed by atoms with van der Waals surface area (Å²) in [5.41, 5.74) is 2.03. The van der Waals surface area contributed by atoms with E-state index in [0.29, 0.717) is 11.3 Å². The van der Waals surface area contributed by atoms with Crippen molar-refractivity contribution in [1.29, 1.82) is 0 Å². The van der Waals surface area contributed by atoms with Gasteiger partial charge in [-0.05, 0) is 24.6 Å². The lowest BCUT2D eigenvalue weighted by molar-refractivity contribution is -0.140. The Morgan fingerprint density at radius 2 is 2.29 bits per heavy atom. The molecular formula is C13H12O4. The second-order valence-electron chi connectivity index (χ2n) is 3.95. The molecule has 0 radical (unpaired) electrons. The summed E-state index contributed by atoms with van der Waals surface area (Å²) in [6.45, 7) is 5.26. The van der Waals surface area contributed by atoms with Crippen molar-refractivity contribution in [2.75, 3.05) is 0 Å². The largest absolute Gasteiger partial charge is 0.457 e. The van der Waals surface area contributed by atoms with Gasteiger partial charge in [-0.15, -0.1) is 0 Å². The lowest BCUT2D eigenvalue weighted by Gasteiger charge is -2.05. The Hall–Kier alpha value is -2.10. The molecule has 0 saturated heterocycles. The van der Waals surface area contributed by atoms with Gasteiger partial charge in [0, 0.05) is 11.1 Å². The van der Waals surface area contributed by atoms with Gasteiger partial charge in [0.05, 0.1) is 6.42 Å². The molecule has 0 spiro atoms. The number of carbonyl (C=O) groups is 2. The molecule has 0 saturated carbocycles. The summed E-state index contributed by atoms with van der Waals surface area (Å²) in [5, 5.41) is 0. The van der Waals surface area contributed by atoms with E-state index in [2.05, 4.69) is 6.58 Å². The van der Waals surface area contributed by atoms with Crippen LogP contribution in [0.5, 0.6) is 5.75 Å². The van der Waals surface area contributed by atoms with Crippen LogP contribution in [0.4, 0.5) is 0 Å². The summed E-state index contributed by atoms with van der Waals surface area (Å²) >= 11 is 0. The van der Waals surface area contributed by atoms with Gasteiger partial charge in [-0.3, -0.25) is 4.79 Å². The van der Waals surface area contributed by atoms with E-state index in [1.54, 1.807) is 19.1 Å². The van der Waals surface area contributed by atoms with Gasteiger partial charge in [0.15, 0.2) is 0 Å². The van der Waals surface area contributed by atoms with Crippen molar-refractivity contribution >= 4 is 11.9 Å². The van der Waals surface area contributed by atoms with Crippen LogP contribution >= 0.6 is 0 Å². The molecule has 0 bridgehead atoms. The second-order valence-corrected chi connectivity index (χ2v) is 3.95. The molecule has 0 aliphatic carbocycles. The summed E-state index contributed by atoms with van der Waals surface area (Å²) in [6, 6.07) is 5.29. The maximum absolute atomic E-state index is 11.2. The van der Waals surface area contributed by atoms with Crippen molar-refractivity contribution < 1.29 is 19.1 Å². The van der Waals surface area contributed by atoms with Crippen LogP contribution in [0.3, 0.4) is 0 Å². The second kappa shape index (κ2) is 4.41. The van der Waals surface area contributed by atoms with Crippen molar-refractivity contribution in [1.82, 2.24) is 0 Å². The number of fused-ring (bicyclic) bond motifs is 1. The van der Waals surface area contributed by atoms with Crippen LogP contribution in [-0.4, -0.2) is 11.9 Å². The Labute approximate surface area is 98.8 Å². The van der Waals surface area contributed by atoms with Crippen molar-refractivity contribution in [3.8, 4) is 5.75 Å². The summed E-state index contributed by atoms with van der Waals surface area (Å²) in [6.07, 6.45) is 0.275. The highest BCUT2D eigenvalue weighted by Gasteiger charge is 2.20. The predicted molar refractivity (Wildman–Crippen MR) is 60.4 cm³/mol. The van der Waals surface area contributed by atoms with E-state index >= 15 is 0 Å². The smallest absolute Gasteiger partial charge is 0.333 e. The SMILES string of the molecule is C=C(C)C(=O)OCc1ccc2c(c1)CC(=O)O2. The molecule has 1 aliphatic heterocycles. The average Bonchev–Trinajstić information content (AvgIpc) is 2.64. The molecule has 0 amide bonds. The molecule has 17 heavy (non-hydrogen) atoms. The molecule has 1 aliphatic rings. The average molecular weight is 232 g/mol. The van der Waals surface area contributed by atoms with Crippen LogP contribution < -0.4 is 4.74 Å². The fourth-order valence-corrected chi connectivity index (χ4v) is 1.55. The standard InChI is InChI=1S/C13H12O4/c1-8(2)13(15)16-7-9-3-4-11-10(5-9)6-12(14)17-11/h3-5H,1,6-7H2,2H3. The first-order valence-electron chi connectivity index (χ1n) is 5.21. The van der Waals surface area contributed by atoms with Crippen LogP contribution in [0.15, 0.2) is 30.4 Å². The lowest BCUT2D eigenvalue weighted by Crippen LogP contribution is -2.04. The molecular weight excluding hydrogens is 220 g/mol. The number of hydrogen-bond donors (Lipinski definition) is 0. The number of hydrogen-bond acceptors (Lipinski definition) is 4. The van der Waals surface area contributed by atoms with E-state index < -0.39 is 5.97 Å². The van der Waals surface area contributed by atoms with Crippen molar-refractivity contribution in [3.63, 3.8) is 0 Å². The maximum Gasteiger partial charge on any atom is 0.333 e. The van der Waals surface area contributed by atoms with Crippen LogP contribution in [0.2, 0.25) is 0 Å². The molecule has 0 atom stereocenters. The van der Waals surface area contributed by atoms with E-state index in [0.717, 1.165) is 11.1 Å². The molecule has 0 aromatic heterocycles. The summed E-state index contributed by atoms with van der Waals surface area (Å²) in [5.74, 6) is -0.0844. The van der Waals surface area contributed by atoms with Crippen LogP contribution in [0.25, 0.3) is 0 Å². The van der Waals surface area contributed by atoms with E-state index in [9.17, 15) is 9.59 Å². The summed E-state index contributed by atoms with van der Waals surface area (Å²) in [7, 11) is 0. The highest BCUT2D eigenvalue weighted by Crippen LogP contribution is 2.26. The first-order chi connectivity index (χ1) is 8.06. The van der Waals surface area contributed by atoms with Gasteiger partial charge in [-0.2, -0.15) is 0 Å². The van der Waals surface area contributed by atoms with Crippen LogP contribution in [0.1, 0.15) is 18.1 Å². The highest BCUT2D eigenvalue weighted by molar-refractivity contribution is 5.87. The Kier molecular flexibility index (Phi) is 2.95. The lowest BCUT2D eigenvalue weighted by atomic mass is 10.1. The minimum absolute atomic E-state index is 0.174. The molecule has 1 aromatic rings. The van der Waals surface area contributed by atoms with Crippen LogP contribution in [-0.2, 0) is 27.4 Å². The maximum atomic E-state index is 11.2. The topological polar surface area (TPSA) is 52.6 Å². The zero-order valence-corrected chi connectivity index (χ0v) is 9.49. The molecule has 1 heterocycles. The number of esters is 2. The molecule has 2 rings (SSSR count). The normalized spacial score (nSPS) is 12.9. The van der Waals surface area contributed by atoms with Gasteiger partial charge >= 0.3 is 11.9 Å². The third-order valence-electron chi connectivity index (χ3n) is 2.40. The number of rotatable bonds is 3. The fourth-order valence-electron chi connectivity index (χ4n) is 1.55. The van der Waals surface area contributed by atoms with E-state index in [4.69, 9.17) is 9.47 Å². The monoisotopic (exact) mass is 232 g/mol. The highest BCUT2D eigenvalue weighted by atomic mass is 16.5. The van der Waals surface area contributed by atoms with Crippen molar-refractivity contribution in [3.05, 3.63) is 41.5 Å². The third-order valence-corrected chi connectivity index (χ3v) is 2.40. The quantitative estimate of drug-likeness (QED) is 0.452. The Morgan fingerprint density at radius 1 is 1.53 bits per heavy atom. The molecule has 4 heteroatoms. The van der Waals surface area contributed by atoms with Gasteiger partial charge < -0.3 is 9.47 Å². The van der Waals surface area contributed by atoms with E-state index in [-0.39, 0.29) is 19.0 Å². The molecule has 0 unspecified atom stereocenters. The zero-order valence-electron chi connectivity index (χ0n) is 9.49. The Morgan fingerprint density at radius 3 is 3.00 bits per heavy atom. The van der Waals surface area contributed by atoms with Crippen molar-refractivity contribution in [2.24, 2.45) is 0 Å². The first kappa shape index (κ1) is 11.4.